The fraction of sp³-hybridized carbons (Fsp3) is 0.950. The molecule has 3 heteroatoms. The van der Waals surface area contributed by atoms with Crippen molar-refractivity contribution in [1.29, 1.82) is 0 Å². The number of ketones is 1. The molecule has 0 aliphatic heterocycles. The van der Waals surface area contributed by atoms with Crippen molar-refractivity contribution in [2.24, 2.45) is 41.4 Å². The molecule has 1 N–H and O–H groups in total. The first-order valence-corrected chi connectivity index (χ1v) is 9.83. The minimum Gasteiger partial charge on any atom is -0.390 e. The van der Waals surface area contributed by atoms with Crippen molar-refractivity contribution >= 4 is 5.78 Å². The largest absolute Gasteiger partial charge is 0.390 e. The zero-order valence-corrected chi connectivity index (χ0v) is 14.5. The average Bonchev–Trinajstić information content (AvgIpc) is 2.55. The molecule has 0 heterocycles. The molecule has 7 aliphatic rings. The van der Waals surface area contributed by atoms with Crippen LogP contribution in [0.1, 0.15) is 58.8 Å². The maximum Gasteiger partial charge on any atom is 0.161 e. The van der Waals surface area contributed by atoms with Crippen molar-refractivity contribution < 1.29 is 14.6 Å². The molecule has 0 radical (unpaired) electrons. The van der Waals surface area contributed by atoms with Gasteiger partial charge in [-0.15, -0.1) is 0 Å². The summed E-state index contributed by atoms with van der Waals surface area (Å²) in [5, 5.41) is 10.8. The van der Waals surface area contributed by atoms with E-state index in [1.807, 2.05) is 6.92 Å². The average molecular weight is 318 g/mol. The molecule has 7 fully saturated rings. The lowest BCUT2D eigenvalue weighted by Gasteiger charge is -2.73. The second kappa shape index (κ2) is 4.60. The molecule has 0 amide bonds. The van der Waals surface area contributed by atoms with Gasteiger partial charge in [-0.3, -0.25) is 4.79 Å². The molecule has 0 saturated heterocycles. The van der Waals surface area contributed by atoms with Crippen LogP contribution in [-0.4, -0.2) is 28.7 Å². The second-order valence-corrected chi connectivity index (χ2v) is 9.68. The van der Waals surface area contributed by atoms with Crippen molar-refractivity contribution in [3.63, 3.8) is 0 Å². The summed E-state index contributed by atoms with van der Waals surface area (Å²) in [4.78, 5) is 12.2. The molecular formula is C20H30O3. The van der Waals surface area contributed by atoms with E-state index in [0.29, 0.717) is 6.61 Å². The molecule has 0 aromatic heterocycles. The maximum absolute atomic E-state index is 12.2. The molecule has 0 spiro atoms. The van der Waals surface area contributed by atoms with Crippen LogP contribution in [0.4, 0.5) is 0 Å². The van der Waals surface area contributed by atoms with Crippen LogP contribution in [0.15, 0.2) is 0 Å². The number of hydrogen-bond acceptors (Lipinski definition) is 3. The Bertz CT molecular complexity index is 476. The van der Waals surface area contributed by atoms with Gasteiger partial charge in [0.25, 0.3) is 0 Å². The summed E-state index contributed by atoms with van der Waals surface area (Å²) in [7, 11) is 0. The third-order valence-corrected chi connectivity index (χ3v) is 8.65. The van der Waals surface area contributed by atoms with Crippen LogP contribution < -0.4 is 0 Å². The highest BCUT2D eigenvalue weighted by Crippen LogP contribution is 2.73. The smallest absolute Gasteiger partial charge is 0.161 e. The lowest BCUT2D eigenvalue weighted by Crippen LogP contribution is -2.71. The lowest BCUT2D eigenvalue weighted by molar-refractivity contribution is -0.297. The summed E-state index contributed by atoms with van der Waals surface area (Å²) in [6.45, 7) is 4.42. The van der Waals surface area contributed by atoms with Gasteiger partial charge >= 0.3 is 0 Å². The zero-order chi connectivity index (χ0) is 16.0. The van der Waals surface area contributed by atoms with E-state index in [1.54, 1.807) is 0 Å². The van der Waals surface area contributed by atoms with E-state index < -0.39 is 0 Å². The molecule has 3 nitrogen and oxygen atoms in total. The molecule has 7 saturated carbocycles. The Morgan fingerprint density at radius 3 is 1.87 bits per heavy atom. The first-order valence-electron chi connectivity index (χ1n) is 9.83. The van der Waals surface area contributed by atoms with E-state index in [9.17, 15) is 9.90 Å². The fourth-order valence-corrected chi connectivity index (χ4v) is 7.60. The van der Waals surface area contributed by atoms with Gasteiger partial charge in [0.2, 0.25) is 0 Å². The standard InChI is InChI=1S/C20H30O3/c1-3-11(2)18(21)10-23-20-7-15-12-4-19(22)5-13(15)17(9-20)14(6-19)16(12)8-20/h11-17,22H,3-10H2,1-2H3. The highest BCUT2D eigenvalue weighted by molar-refractivity contribution is 5.81. The number of ether oxygens (including phenoxy) is 1. The minimum absolute atomic E-state index is 0.000578. The van der Waals surface area contributed by atoms with Crippen LogP contribution in [0, 0.1) is 41.4 Å². The SMILES string of the molecule is CCC(C)C(=O)COC12CC3C4CC5(O)CC3C(C1)C(C5)C4C2. The summed E-state index contributed by atoms with van der Waals surface area (Å²) < 4.78 is 6.37. The first-order chi connectivity index (χ1) is 10.9. The summed E-state index contributed by atoms with van der Waals surface area (Å²) in [6.07, 6.45) is 7.52. The predicted molar refractivity (Wildman–Crippen MR) is 86.7 cm³/mol. The van der Waals surface area contributed by atoms with E-state index in [-0.39, 0.29) is 22.9 Å². The van der Waals surface area contributed by atoms with Gasteiger partial charge in [-0.2, -0.15) is 0 Å². The summed E-state index contributed by atoms with van der Waals surface area (Å²) >= 11 is 0. The molecule has 128 valence electrons. The number of aliphatic hydroxyl groups is 1. The summed E-state index contributed by atoms with van der Waals surface area (Å²) in [6, 6.07) is 0. The minimum atomic E-state index is -0.325. The van der Waals surface area contributed by atoms with Crippen LogP contribution in [0.5, 0.6) is 0 Å². The molecule has 8 bridgehead atoms. The van der Waals surface area contributed by atoms with E-state index in [1.165, 1.54) is 0 Å². The topological polar surface area (TPSA) is 46.5 Å². The van der Waals surface area contributed by atoms with Crippen molar-refractivity contribution in [3.8, 4) is 0 Å². The summed E-state index contributed by atoms with van der Waals surface area (Å²) in [5.74, 6) is 4.95. The molecule has 1 unspecified atom stereocenters. The van der Waals surface area contributed by atoms with E-state index in [0.717, 1.165) is 80.5 Å². The molecule has 0 aromatic carbocycles. The zero-order valence-electron chi connectivity index (χ0n) is 14.5. The number of carbonyl (C=O) groups is 1. The number of carbonyl (C=O) groups excluding carboxylic acids is 1. The molecule has 1 atom stereocenters. The van der Waals surface area contributed by atoms with Crippen LogP contribution in [0.3, 0.4) is 0 Å². The van der Waals surface area contributed by atoms with Gasteiger partial charge in [0, 0.05) is 5.92 Å². The Morgan fingerprint density at radius 2 is 1.43 bits per heavy atom. The fourth-order valence-electron chi connectivity index (χ4n) is 7.60. The third kappa shape index (κ3) is 1.93. The molecule has 23 heavy (non-hydrogen) atoms. The third-order valence-electron chi connectivity index (χ3n) is 8.65. The van der Waals surface area contributed by atoms with Gasteiger partial charge in [0.05, 0.1) is 11.2 Å². The second-order valence-electron chi connectivity index (χ2n) is 9.68. The van der Waals surface area contributed by atoms with Crippen molar-refractivity contribution in [3.05, 3.63) is 0 Å². The van der Waals surface area contributed by atoms with E-state index >= 15 is 0 Å². The van der Waals surface area contributed by atoms with Gasteiger partial charge in [-0.25, -0.2) is 0 Å². The van der Waals surface area contributed by atoms with Crippen LogP contribution >= 0.6 is 0 Å². The van der Waals surface area contributed by atoms with Crippen LogP contribution in [0.2, 0.25) is 0 Å². The van der Waals surface area contributed by atoms with Gasteiger partial charge < -0.3 is 9.84 Å². The van der Waals surface area contributed by atoms with Gasteiger partial charge in [-0.1, -0.05) is 13.8 Å². The molecular weight excluding hydrogens is 288 g/mol. The molecule has 7 rings (SSSR count). The summed E-state index contributed by atoms with van der Waals surface area (Å²) in [5.41, 5.74) is -0.326. The molecule has 0 aromatic rings. The predicted octanol–water partition coefficient (Wildman–Crippen LogP) is 3.19. The Balaban J connectivity index is 1.36. The first kappa shape index (κ1) is 14.9. The Hall–Kier alpha value is -0.410. The Labute approximate surface area is 139 Å². The number of rotatable bonds is 5. The van der Waals surface area contributed by atoms with Gasteiger partial charge in [0.15, 0.2) is 5.78 Å². The van der Waals surface area contributed by atoms with Gasteiger partial charge in [0.1, 0.15) is 6.61 Å². The highest BCUT2D eigenvalue weighted by Gasteiger charge is 2.70. The van der Waals surface area contributed by atoms with Crippen molar-refractivity contribution in [2.75, 3.05) is 6.61 Å². The van der Waals surface area contributed by atoms with Gasteiger partial charge in [-0.05, 0) is 80.5 Å². The highest BCUT2D eigenvalue weighted by atomic mass is 16.5. The van der Waals surface area contributed by atoms with Crippen molar-refractivity contribution in [1.82, 2.24) is 0 Å². The monoisotopic (exact) mass is 318 g/mol. The number of hydrogen-bond donors (Lipinski definition) is 1. The quantitative estimate of drug-likeness (QED) is 0.847. The van der Waals surface area contributed by atoms with Crippen LogP contribution in [-0.2, 0) is 9.53 Å². The maximum atomic E-state index is 12.2. The van der Waals surface area contributed by atoms with Crippen LogP contribution in [0.25, 0.3) is 0 Å². The van der Waals surface area contributed by atoms with E-state index in [4.69, 9.17) is 4.74 Å². The molecule has 7 aliphatic carbocycles. The Morgan fingerprint density at radius 1 is 1.00 bits per heavy atom. The Kier molecular flexibility index (Phi) is 2.98. The number of Topliss-reactive ketones (excluding diaryl/α,β-unsaturated/α-hetero) is 1. The van der Waals surface area contributed by atoms with E-state index in [2.05, 4.69) is 6.92 Å². The lowest BCUT2D eigenvalue weighted by atomic mass is 9.34. The van der Waals surface area contributed by atoms with Crippen molar-refractivity contribution in [2.45, 2.75) is 70.0 Å². The normalized spacial score (nSPS) is 56.3.